The fraction of sp³-hybridized carbons (Fsp3) is 0.364. The van der Waals surface area contributed by atoms with Crippen molar-refractivity contribution in [3.63, 3.8) is 0 Å². The van der Waals surface area contributed by atoms with Crippen LogP contribution in [0.3, 0.4) is 0 Å². The number of carbonyl (C=O) groups excluding carboxylic acids is 1. The molecule has 1 atom stereocenters. The predicted molar refractivity (Wildman–Crippen MR) is 65.2 cm³/mol. The van der Waals surface area contributed by atoms with E-state index >= 15 is 0 Å². The van der Waals surface area contributed by atoms with Crippen LogP contribution in [-0.2, 0) is 4.79 Å². The van der Waals surface area contributed by atoms with Crippen LogP contribution < -0.4 is 15.4 Å². The van der Waals surface area contributed by atoms with Crippen LogP contribution in [0.2, 0.25) is 0 Å². The second kappa shape index (κ2) is 5.18. The third-order valence-electron chi connectivity index (χ3n) is 2.47. The highest BCUT2D eigenvalue weighted by molar-refractivity contribution is 5.99. The van der Waals surface area contributed by atoms with Crippen LogP contribution in [0.25, 0.3) is 0 Å². The first-order valence-electron chi connectivity index (χ1n) is 5.03. The molecule has 0 unspecified atom stereocenters. The quantitative estimate of drug-likeness (QED) is 0.805. The maximum atomic E-state index is 11.9. The van der Waals surface area contributed by atoms with E-state index in [1.807, 2.05) is 31.2 Å². The highest BCUT2D eigenvalue weighted by Crippen LogP contribution is 2.30. The molecule has 4 nitrogen and oxygen atoms in total. The number of hydrogen-bond acceptors (Lipinski definition) is 3. The molecule has 1 heterocycles. The normalized spacial score (nSPS) is 19.2. The van der Waals surface area contributed by atoms with Crippen molar-refractivity contribution in [1.29, 1.82) is 0 Å². The van der Waals surface area contributed by atoms with Gasteiger partial charge >= 0.3 is 0 Å². The molecule has 0 aromatic heterocycles. The number of carbonyl (C=O) groups is 1. The van der Waals surface area contributed by atoms with Crippen LogP contribution in [0.15, 0.2) is 24.3 Å². The molecule has 1 aromatic rings. The fourth-order valence-corrected chi connectivity index (χ4v) is 1.70. The van der Waals surface area contributed by atoms with E-state index in [4.69, 9.17) is 10.5 Å². The third-order valence-corrected chi connectivity index (χ3v) is 2.47. The maximum Gasteiger partial charge on any atom is 0.247 e. The maximum absolute atomic E-state index is 11.9. The molecule has 0 saturated carbocycles. The van der Waals surface area contributed by atoms with Gasteiger partial charge < -0.3 is 15.4 Å². The van der Waals surface area contributed by atoms with Gasteiger partial charge in [-0.2, -0.15) is 0 Å². The Labute approximate surface area is 101 Å². The molecule has 1 aliphatic rings. The molecule has 16 heavy (non-hydrogen) atoms. The zero-order valence-electron chi connectivity index (χ0n) is 9.05. The lowest BCUT2D eigenvalue weighted by molar-refractivity contribution is -0.120. The molecule has 2 rings (SSSR count). The highest BCUT2D eigenvalue weighted by atomic mass is 35.5. The SMILES string of the molecule is CCN1C(=O)[C@@H](N)COc2ccccc21.Cl. The molecule has 88 valence electrons. The third kappa shape index (κ3) is 2.13. The van der Waals surface area contributed by atoms with E-state index in [-0.39, 0.29) is 24.9 Å². The minimum Gasteiger partial charge on any atom is -0.489 e. The minimum absolute atomic E-state index is 0. The first-order valence-corrected chi connectivity index (χ1v) is 5.03. The molecule has 1 aromatic carbocycles. The molecule has 1 amide bonds. The zero-order chi connectivity index (χ0) is 10.8. The van der Waals surface area contributed by atoms with E-state index in [0.29, 0.717) is 6.54 Å². The number of nitrogens with two attached hydrogens (primary N) is 1. The molecule has 0 bridgehead atoms. The van der Waals surface area contributed by atoms with Gasteiger partial charge in [0, 0.05) is 6.54 Å². The summed E-state index contributed by atoms with van der Waals surface area (Å²) in [5, 5.41) is 0. The molecular weight excluding hydrogens is 228 g/mol. The van der Waals surface area contributed by atoms with E-state index in [1.54, 1.807) is 4.90 Å². The molecule has 0 aliphatic carbocycles. The van der Waals surface area contributed by atoms with Crippen molar-refractivity contribution in [2.45, 2.75) is 13.0 Å². The van der Waals surface area contributed by atoms with Crippen molar-refractivity contribution in [2.24, 2.45) is 5.73 Å². The van der Waals surface area contributed by atoms with Gasteiger partial charge in [-0.3, -0.25) is 4.79 Å². The second-order valence-corrected chi connectivity index (χ2v) is 3.47. The molecular formula is C11H15ClN2O2. The predicted octanol–water partition coefficient (Wildman–Crippen LogP) is 1.18. The fourth-order valence-electron chi connectivity index (χ4n) is 1.70. The van der Waals surface area contributed by atoms with E-state index in [2.05, 4.69) is 0 Å². The Morgan fingerprint density at radius 3 is 2.88 bits per heavy atom. The summed E-state index contributed by atoms with van der Waals surface area (Å²) in [7, 11) is 0. The van der Waals surface area contributed by atoms with Crippen LogP contribution >= 0.6 is 12.4 Å². The van der Waals surface area contributed by atoms with Crippen molar-refractivity contribution in [3.05, 3.63) is 24.3 Å². The molecule has 2 N–H and O–H groups in total. The number of nitrogens with zero attached hydrogens (tertiary/aromatic N) is 1. The molecule has 0 spiro atoms. The summed E-state index contributed by atoms with van der Waals surface area (Å²) in [6.07, 6.45) is 0. The number of fused-ring (bicyclic) bond motifs is 1. The number of para-hydroxylation sites is 2. The average Bonchev–Trinajstić information content (AvgIpc) is 2.38. The van der Waals surface area contributed by atoms with Crippen molar-refractivity contribution in [1.82, 2.24) is 0 Å². The lowest BCUT2D eigenvalue weighted by atomic mass is 10.2. The van der Waals surface area contributed by atoms with Gasteiger partial charge in [0.05, 0.1) is 5.69 Å². The van der Waals surface area contributed by atoms with E-state index < -0.39 is 6.04 Å². The summed E-state index contributed by atoms with van der Waals surface area (Å²) >= 11 is 0. The Hall–Kier alpha value is -1.26. The number of halogens is 1. The molecule has 1 aliphatic heterocycles. The largest absolute Gasteiger partial charge is 0.489 e. The lowest BCUT2D eigenvalue weighted by Crippen LogP contribution is -2.45. The first kappa shape index (κ1) is 12.8. The smallest absolute Gasteiger partial charge is 0.247 e. The number of benzene rings is 1. The van der Waals surface area contributed by atoms with Crippen molar-refractivity contribution in [3.8, 4) is 5.75 Å². The highest BCUT2D eigenvalue weighted by Gasteiger charge is 2.27. The topological polar surface area (TPSA) is 55.6 Å². The van der Waals surface area contributed by atoms with Crippen LogP contribution in [0.4, 0.5) is 5.69 Å². The summed E-state index contributed by atoms with van der Waals surface area (Å²) in [6.45, 7) is 2.77. The van der Waals surface area contributed by atoms with Crippen LogP contribution in [0.1, 0.15) is 6.92 Å². The summed E-state index contributed by atoms with van der Waals surface area (Å²) in [5.41, 5.74) is 6.51. The Morgan fingerprint density at radius 2 is 2.19 bits per heavy atom. The van der Waals surface area contributed by atoms with E-state index in [9.17, 15) is 4.79 Å². The average molecular weight is 243 g/mol. The van der Waals surface area contributed by atoms with Gasteiger partial charge in [0.1, 0.15) is 18.4 Å². The number of anilines is 1. The van der Waals surface area contributed by atoms with Gasteiger partial charge in [0.15, 0.2) is 0 Å². The van der Waals surface area contributed by atoms with Gasteiger partial charge in [-0.15, -0.1) is 12.4 Å². The van der Waals surface area contributed by atoms with Crippen molar-refractivity contribution >= 4 is 24.0 Å². The van der Waals surface area contributed by atoms with Crippen LogP contribution in [0.5, 0.6) is 5.75 Å². The Kier molecular flexibility index (Phi) is 4.15. The summed E-state index contributed by atoms with van der Waals surface area (Å²) in [5.74, 6) is 0.642. The standard InChI is InChI=1S/C11H14N2O2.ClH/c1-2-13-9-5-3-4-6-10(9)15-7-8(12)11(13)14;/h3-6,8H,2,7,12H2,1H3;1H/t8-;/m0./s1. The van der Waals surface area contributed by atoms with Crippen molar-refractivity contribution < 1.29 is 9.53 Å². The lowest BCUT2D eigenvalue weighted by Gasteiger charge is -2.20. The van der Waals surface area contributed by atoms with Crippen LogP contribution in [0, 0.1) is 0 Å². The van der Waals surface area contributed by atoms with E-state index in [1.165, 1.54) is 0 Å². The Bertz CT molecular complexity index is 384. The van der Waals surface area contributed by atoms with Gasteiger partial charge in [0.2, 0.25) is 5.91 Å². The number of amides is 1. The molecule has 5 heteroatoms. The number of ether oxygens (including phenoxy) is 1. The molecule has 0 saturated heterocycles. The summed E-state index contributed by atoms with van der Waals surface area (Å²) in [4.78, 5) is 13.5. The van der Waals surface area contributed by atoms with Gasteiger partial charge in [-0.05, 0) is 19.1 Å². The zero-order valence-corrected chi connectivity index (χ0v) is 9.87. The number of rotatable bonds is 1. The monoisotopic (exact) mass is 242 g/mol. The minimum atomic E-state index is -0.572. The summed E-state index contributed by atoms with van der Waals surface area (Å²) in [6, 6.07) is 6.92. The van der Waals surface area contributed by atoms with Crippen molar-refractivity contribution in [2.75, 3.05) is 18.1 Å². The van der Waals surface area contributed by atoms with Gasteiger partial charge in [0.25, 0.3) is 0 Å². The molecule has 0 fully saturated rings. The number of hydrogen-bond donors (Lipinski definition) is 1. The van der Waals surface area contributed by atoms with Gasteiger partial charge in [-0.1, -0.05) is 12.1 Å². The first-order chi connectivity index (χ1) is 7.24. The Morgan fingerprint density at radius 1 is 1.50 bits per heavy atom. The number of likely N-dealkylation sites (N-methyl/N-ethyl adjacent to an activating group) is 1. The van der Waals surface area contributed by atoms with E-state index in [0.717, 1.165) is 11.4 Å². The summed E-state index contributed by atoms with van der Waals surface area (Å²) < 4.78 is 5.48. The van der Waals surface area contributed by atoms with Crippen LogP contribution in [-0.4, -0.2) is 25.1 Å². The van der Waals surface area contributed by atoms with Gasteiger partial charge in [-0.25, -0.2) is 0 Å². The second-order valence-electron chi connectivity index (χ2n) is 3.47. The molecule has 0 radical (unpaired) electrons. The Balaban J connectivity index is 0.00000128.